The Kier molecular flexibility index (Phi) is 6.22. The molecule has 0 saturated carbocycles. The van der Waals surface area contributed by atoms with Crippen molar-refractivity contribution in [3.05, 3.63) is 48.0 Å². The van der Waals surface area contributed by atoms with E-state index in [9.17, 15) is 9.59 Å². The van der Waals surface area contributed by atoms with Crippen LogP contribution in [0.1, 0.15) is 10.4 Å². The Labute approximate surface area is 145 Å². The van der Waals surface area contributed by atoms with Crippen LogP contribution in [0.15, 0.2) is 42.5 Å². The van der Waals surface area contributed by atoms with Crippen LogP contribution in [-0.4, -0.2) is 39.8 Å². The number of carbonyl (C=O) groups is 2. The minimum atomic E-state index is -0.672. The van der Waals surface area contributed by atoms with Gasteiger partial charge in [-0.2, -0.15) is 0 Å². The van der Waals surface area contributed by atoms with E-state index < -0.39 is 18.5 Å². The van der Waals surface area contributed by atoms with Gasteiger partial charge in [-0.1, -0.05) is 12.1 Å². The molecule has 0 aliphatic carbocycles. The first kappa shape index (κ1) is 18.1. The van der Waals surface area contributed by atoms with Gasteiger partial charge in [-0.05, 0) is 24.3 Å². The highest BCUT2D eigenvalue weighted by Gasteiger charge is 2.16. The van der Waals surface area contributed by atoms with Gasteiger partial charge in [-0.15, -0.1) is 0 Å². The van der Waals surface area contributed by atoms with Crippen LogP contribution in [0.25, 0.3) is 0 Å². The summed E-state index contributed by atoms with van der Waals surface area (Å²) < 4.78 is 20.4. The summed E-state index contributed by atoms with van der Waals surface area (Å²) in [7, 11) is 4.44. The number of hydrogen-bond acceptors (Lipinski definition) is 6. The Balaban J connectivity index is 1.99. The molecule has 0 radical (unpaired) electrons. The zero-order valence-electron chi connectivity index (χ0n) is 14.2. The van der Waals surface area contributed by atoms with Crippen LogP contribution in [0.3, 0.4) is 0 Å². The number of para-hydroxylation sites is 2. The van der Waals surface area contributed by atoms with E-state index in [1.54, 1.807) is 36.4 Å². The molecule has 1 N–H and O–H groups in total. The fraction of sp³-hybridized carbons (Fsp3) is 0.222. The third-order valence-corrected chi connectivity index (χ3v) is 3.34. The molecule has 2 rings (SSSR count). The van der Waals surface area contributed by atoms with Crippen molar-refractivity contribution in [1.82, 2.24) is 0 Å². The van der Waals surface area contributed by atoms with Gasteiger partial charge in [-0.25, -0.2) is 4.79 Å². The Morgan fingerprint density at radius 3 is 2.32 bits per heavy atom. The molecule has 0 atom stereocenters. The van der Waals surface area contributed by atoms with Crippen LogP contribution in [0.2, 0.25) is 0 Å². The maximum absolute atomic E-state index is 12.2. The zero-order valence-corrected chi connectivity index (χ0v) is 14.2. The predicted molar refractivity (Wildman–Crippen MR) is 91.5 cm³/mol. The average Bonchev–Trinajstić information content (AvgIpc) is 2.65. The second-order valence-electron chi connectivity index (χ2n) is 4.89. The Morgan fingerprint density at radius 2 is 1.64 bits per heavy atom. The van der Waals surface area contributed by atoms with E-state index in [1.807, 2.05) is 0 Å². The van der Waals surface area contributed by atoms with Crippen molar-refractivity contribution in [2.45, 2.75) is 0 Å². The fourth-order valence-electron chi connectivity index (χ4n) is 2.11. The van der Waals surface area contributed by atoms with Gasteiger partial charge in [0.25, 0.3) is 5.91 Å². The molecule has 1 amide bonds. The molecule has 0 spiro atoms. The lowest BCUT2D eigenvalue weighted by Gasteiger charge is -2.11. The van der Waals surface area contributed by atoms with E-state index in [1.165, 1.54) is 27.4 Å². The van der Waals surface area contributed by atoms with Crippen molar-refractivity contribution in [3.8, 4) is 17.2 Å². The van der Waals surface area contributed by atoms with Gasteiger partial charge >= 0.3 is 5.97 Å². The number of carbonyl (C=O) groups excluding carboxylic acids is 2. The molecule has 25 heavy (non-hydrogen) atoms. The fourth-order valence-corrected chi connectivity index (χ4v) is 2.11. The number of methoxy groups -OCH3 is 3. The molecule has 0 aromatic heterocycles. The molecule has 0 fully saturated rings. The van der Waals surface area contributed by atoms with E-state index in [0.29, 0.717) is 22.9 Å². The molecule has 0 unspecified atom stereocenters. The van der Waals surface area contributed by atoms with E-state index in [4.69, 9.17) is 18.9 Å². The highest BCUT2D eigenvalue weighted by atomic mass is 16.5. The number of benzene rings is 2. The number of nitrogens with one attached hydrogen (secondary N) is 1. The topological polar surface area (TPSA) is 83.1 Å². The Morgan fingerprint density at radius 1 is 0.920 bits per heavy atom. The van der Waals surface area contributed by atoms with E-state index >= 15 is 0 Å². The van der Waals surface area contributed by atoms with Crippen molar-refractivity contribution in [3.63, 3.8) is 0 Å². The van der Waals surface area contributed by atoms with Gasteiger partial charge < -0.3 is 24.3 Å². The zero-order chi connectivity index (χ0) is 18.2. The lowest BCUT2D eigenvalue weighted by Crippen LogP contribution is -2.21. The summed E-state index contributed by atoms with van der Waals surface area (Å²) in [5, 5.41) is 2.62. The number of amides is 1. The van der Waals surface area contributed by atoms with Crippen LogP contribution in [-0.2, 0) is 9.53 Å². The van der Waals surface area contributed by atoms with E-state index in [0.717, 1.165) is 0 Å². The van der Waals surface area contributed by atoms with Crippen LogP contribution < -0.4 is 19.5 Å². The lowest BCUT2D eigenvalue weighted by molar-refractivity contribution is -0.119. The maximum Gasteiger partial charge on any atom is 0.342 e. The minimum Gasteiger partial charge on any atom is -0.497 e. The van der Waals surface area contributed by atoms with Gasteiger partial charge in [-0.3, -0.25) is 4.79 Å². The van der Waals surface area contributed by atoms with E-state index in [2.05, 4.69) is 5.32 Å². The van der Waals surface area contributed by atoms with Gasteiger partial charge in [0, 0.05) is 6.07 Å². The summed E-state index contributed by atoms with van der Waals surface area (Å²) in [5.74, 6) is 0.204. The summed E-state index contributed by atoms with van der Waals surface area (Å²) in [4.78, 5) is 24.1. The molecule has 0 bridgehead atoms. The van der Waals surface area contributed by atoms with Gasteiger partial charge in [0.15, 0.2) is 6.61 Å². The number of esters is 1. The van der Waals surface area contributed by atoms with Crippen molar-refractivity contribution in [2.24, 2.45) is 0 Å². The molecule has 0 saturated heterocycles. The average molecular weight is 345 g/mol. The summed E-state index contributed by atoms with van der Waals surface area (Å²) in [6, 6.07) is 11.6. The Bertz CT molecular complexity index is 759. The normalized spacial score (nSPS) is 9.88. The molecule has 7 nitrogen and oxygen atoms in total. The third kappa shape index (κ3) is 4.63. The van der Waals surface area contributed by atoms with Crippen LogP contribution >= 0.6 is 0 Å². The maximum atomic E-state index is 12.2. The number of rotatable bonds is 7. The SMILES string of the molecule is COc1ccc(C(=O)OCC(=O)Nc2ccccc2OC)c(OC)c1. The van der Waals surface area contributed by atoms with Crippen molar-refractivity contribution < 1.29 is 28.5 Å². The quantitative estimate of drug-likeness (QED) is 0.777. The molecule has 7 heteroatoms. The third-order valence-electron chi connectivity index (χ3n) is 3.34. The second kappa shape index (κ2) is 8.58. The first-order valence-corrected chi connectivity index (χ1v) is 7.41. The molecule has 132 valence electrons. The van der Waals surface area contributed by atoms with Crippen LogP contribution in [0.4, 0.5) is 5.69 Å². The second-order valence-corrected chi connectivity index (χ2v) is 4.89. The van der Waals surface area contributed by atoms with Gasteiger partial charge in [0.1, 0.15) is 22.8 Å². The number of anilines is 1. The minimum absolute atomic E-state index is 0.202. The monoisotopic (exact) mass is 345 g/mol. The lowest BCUT2D eigenvalue weighted by atomic mass is 10.2. The molecule has 0 aliphatic heterocycles. The smallest absolute Gasteiger partial charge is 0.342 e. The molecule has 0 aliphatic rings. The molecule has 2 aromatic carbocycles. The number of hydrogen-bond donors (Lipinski definition) is 1. The first-order valence-electron chi connectivity index (χ1n) is 7.41. The summed E-state index contributed by atoms with van der Waals surface area (Å²) in [6.45, 7) is -0.438. The largest absolute Gasteiger partial charge is 0.497 e. The summed E-state index contributed by atoms with van der Waals surface area (Å²) in [6.07, 6.45) is 0. The predicted octanol–water partition coefficient (Wildman–Crippen LogP) is 2.51. The van der Waals surface area contributed by atoms with Crippen molar-refractivity contribution in [1.29, 1.82) is 0 Å². The summed E-state index contributed by atoms with van der Waals surface area (Å²) in [5.41, 5.74) is 0.696. The molecule has 2 aromatic rings. The molecular formula is C18H19NO6. The van der Waals surface area contributed by atoms with E-state index in [-0.39, 0.29) is 5.56 Å². The van der Waals surface area contributed by atoms with Crippen LogP contribution in [0, 0.1) is 0 Å². The van der Waals surface area contributed by atoms with Crippen molar-refractivity contribution >= 4 is 17.6 Å². The summed E-state index contributed by atoms with van der Waals surface area (Å²) >= 11 is 0. The number of ether oxygens (including phenoxy) is 4. The standard InChI is InChI=1S/C18H19NO6/c1-22-12-8-9-13(16(10-12)24-3)18(21)25-11-17(20)19-14-6-4-5-7-15(14)23-2/h4-10H,11H2,1-3H3,(H,19,20). The highest BCUT2D eigenvalue weighted by molar-refractivity contribution is 5.97. The van der Waals surface area contributed by atoms with Crippen molar-refractivity contribution in [2.75, 3.05) is 33.3 Å². The highest BCUT2D eigenvalue weighted by Crippen LogP contribution is 2.25. The Hall–Kier alpha value is -3.22. The molecular weight excluding hydrogens is 326 g/mol. The van der Waals surface area contributed by atoms with Crippen LogP contribution in [0.5, 0.6) is 17.2 Å². The van der Waals surface area contributed by atoms with Gasteiger partial charge in [0.05, 0.1) is 27.0 Å². The first-order chi connectivity index (χ1) is 12.1. The van der Waals surface area contributed by atoms with Gasteiger partial charge in [0.2, 0.25) is 0 Å². The molecule has 0 heterocycles.